The molecule has 2 radical (unpaired) electrons. The van der Waals surface area contributed by atoms with E-state index in [0.717, 1.165) is 6.08 Å². The van der Waals surface area contributed by atoms with Crippen LogP contribution in [0.5, 0.6) is 0 Å². The second-order valence-corrected chi connectivity index (χ2v) is 1.56. The maximum absolute atomic E-state index is 10.2. The zero-order valence-corrected chi connectivity index (χ0v) is 4.09. The van der Waals surface area contributed by atoms with Gasteiger partial charge in [0.05, 0.1) is 0 Å². The van der Waals surface area contributed by atoms with Gasteiger partial charge in [0.1, 0.15) is 13.6 Å². The molecule has 0 fully saturated rings. The van der Waals surface area contributed by atoms with Crippen LogP contribution in [0.3, 0.4) is 0 Å². The summed E-state index contributed by atoms with van der Waals surface area (Å²) in [7, 11) is 5.12. The van der Waals surface area contributed by atoms with E-state index in [-0.39, 0.29) is 11.7 Å². The summed E-state index contributed by atoms with van der Waals surface area (Å²) in [5, 5.41) is 10.9. The lowest BCUT2D eigenvalue weighted by atomic mass is 9.97. The zero-order chi connectivity index (χ0) is 6.15. The molecule has 1 unspecified atom stereocenters. The highest BCUT2D eigenvalue weighted by Crippen LogP contribution is 1.99. The van der Waals surface area contributed by atoms with Crippen LogP contribution in [0.15, 0.2) is 11.8 Å². The largest absolute Gasteiger partial charge is 0.511 e. The van der Waals surface area contributed by atoms with E-state index in [1.54, 1.807) is 0 Å². The number of hydrogen-bond acceptors (Lipinski definition) is 2. The first-order chi connectivity index (χ1) is 3.70. The molecule has 40 valence electrons. The maximum atomic E-state index is 10.2. The second-order valence-electron chi connectivity index (χ2n) is 1.56. The first-order valence-corrected chi connectivity index (χ1v) is 2.17. The average molecular weight is 109 g/mol. The predicted octanol–water partition coefficient (Wildman–Crippen LogP) is -0.947. The molecule has 1 rings (SSSR count). The van der Waals surface area contributed by atoms with Crippen molar-refractivity contribution >= 4 is 13.8 Å². The zero-order valence-electron chi connectivity index (χ0n) is 4.09. The molecule has 3 nitrogen and oxygen atoms in total. The lowest BCUT2D eigenvalue weighted by molar-refractivity contribution is -0.115. The summed E-state index contributed by atoms with van der Waals surface area (Å²) in [5.41, 5.74) is 0. The molecule has 0 saturated heterocycles. The standard InChI is InChI=1S/C4H4BNO2/c5-4-2(7)1-3(8)6-4/h1,4,7H,(H,6,8). The van der Waals surface area contributed by atoms with E-state index in [1.807, 2.05) is 0 Å². The highest BCUT2D eigenvalue weighted by Gasteiger charge is 2.16. The third-order valence-electron chi connectivity index (χ3n) is 0.895. The lowest BCUT2D eigenvalue weighted by Gasteiger charge is -2.00. The summed E-state index contributed by atoms with van der Waals surface area (Å²) in [5.74, 6) is -1.13. The van der Waals surface area contributed by atoms with Gasteiger partial charge in [0.2, 0.25) is 5.91 Å². The molecule has 1 amide bonds. The van der Waals surface area contributed by atoms with Crippen molar-refractivity contribution in [3.8, 4) is 0 Å². The van der Waals surface area contributed by atoms with Crippen molar-refractivity contribution in [2.75, 3.05) is 0 Å². The third-order valence-corrected chi connectivity index (χ3v) is 0.895. The van der Waals surface area contributed by atoms with Gasteiger partial charge in [0.15, 0.2) is 0 Å². The molecule has 1 aliphatic rings. The Bertz CT molecular complexity index is 154. The molecule has 1 atom stereocenters. The van der Waals surface area contributed by atoms with Crippen LogP contribution in [-0.4, -0.2) is 24.8 Å². The molecule has 2 N–H and O–H groups in total. The number of carbonyl (C=O) groups excluding carboxylic acids is 1. The number of rotatable bonds is 0. The number of nitrogens with one attached hydrogen (secondary N) is 1. The van der Waals surface area contributed by atoms with Gasteiger partial charge in [-0.15, -0.1) is 0 Å². The van der Waals surface area contributed by atoms with E-state index in [1.165, 1.54) is 0 Å². The van der Waals surface area contributed by atoms with Crippen molar-refractivity contribution in [1.29, 1.82) is 0 Å². The number of amides is 1. The minimum atomic E-state index is -0.692. The van der Waals surface area contributed by atoms with Crippen molar-refractivity contribution in [3.05, 3.63) is 11.8 Å². The summed E-state index contributed by atoms with van der Waals surface area (Å²) >= 11 is 0. The fourth-order valence-electron chi connectivity index (χ4n) is 0.493. The molecule has 0 saturated carbocycles. The monoisotopic (exact) mass is 109 g/mol. The molecule has 0 bridgehead atoms. The SMILES string of the molecule is [B]C1NC(=O)C=C1O. The Morgan fingerprint density at radius 1 is 1.88 bits per heavy atom. The van der Waals surface area contributed by atoms with Gasteiger partial charge in [0.25, 0.3) is 0 Å². The van der Waals surface area contributed by atoms with Gasteiger partial charge in [-0.05, 0) is 0 Å². The lowest BCUT2D eigenvalue weighted by Crippen LogP contribution is -2.28. The van der Waals surface area contributed by atoms with Crippen molar-refractivity contribution in [1.82, 2.24) is 5.32 Å². The predicted molar refractivity (Wildman–Crippen MR) is 28.4 cm³/mol. The molecule has 1 aliphatic heterocycles. The summed E-state index contributed by atoms with van der Waals surface area (Å²) < 4.78 is 0. The second kappa shape index (κ2) is 1.54. The van der Waals surface area contributed by atoms with Crippen LogP contribution in [0.4, 0.5) is 0 Å². The van der Waals surface area contributed by atoms with Crippen LogP contribution in [0, 0.1) is 0 Å². The molecule has 1 heterocycles. The maximum Gasteiger partial charge on any atom is 0.247 e. The molecular formula is C4H4BNO2. The molecule has 8 heavy (non-hydrogen) atoms. The van der Waals surface area contributed by atoms with E-state index in [9.17, 15) is 4.79 Å². The Hall–Kier alpha value is -0.925. The van der Waals surface area contributed by atoms with E-state index >= 15 is 0 Å². The Morgan fingerprint density at radius 2 is 2.50 bits per heavy atom. The average Bonchev–Trinajstić information content (AvgIpc) is 1.85. The van der Waals surface area contributed by atoms with Gasteiger partial charge in [-0.3, -0.25) is 4.79 Å². The molecular weight excluding hydrogens is 105 g/mol. The van der Waals surface area contributed by atoms with Gasteiger partial charge in [-0.1, -0.05) is 0 Å². The topological polar surface area (TPSA) is 49.3 Å². The van der Waals surface area contributed by atoms with Gasteiger partial charge in [0, 0.05) is 12.0 Å². The normalized spacial score (nSPS) is 27.2. The first-order valence-electron chi connectivity index (χ1n) is 2.17. The Labute approximate surface area is 47.8 Å². The quantitative estimate of drug-likeness (QED) is 0.394. The van der Waals surface area contributed by atoms with E-state index in [4.69, 9.17) is 13.0 Å². The van der Waals surface area contributed by atoms with Crippen LogP contribution in [0.1, 0.15) is 0 Å². The van der Waals surface area contributed by atoms with Crippen LogP contribution in [-0.2, 0) is 4.79 Å². The number of carbonyl (C=O) groups is 1. The van der Waals surface area contributed by atoms with Crippen LogP contribution < -0.4 is 5.32 Å². The molecule has 4 heteroatoms. The summed E-state index contributed by atoms with van der Waals surface area (Å²) in [6.45, 7) is 0. The van der Waals surface area contributed by atoms with Crippen molar-refractivity contribution in [2.24, 2.45) is 0 Å². The number of aliphatic hydroxyl groups is 1. The van der Waals surface area contributed by atoms with Gasteiger partial charge in [-0.2, -0.15) is 0 Å². The number of aliphatic hydroxyl groups excluding tert-OH is 1. The summed E-state index contributed by atoms with van der Waals surface area (Å²) in [4.78, 5) is 10.2. The minimum Gasteiger partial charge on any atom is -0.511 e. The van der Waals surface area contributed by atoms with Crippen molar-refractivity contribution < 1.29 is 9.90 Å². The van der Waals surface area contributed by atoms with Crippen LogP contribution in [0.2, 0.25) is 0 Å². The van der Waals surface area contributed by atoms with Crippen LogP contribution >= 0.6 is 0 Å². The molecule has 0 aromatic carbocycles. The summed E-state index contributed by atoms with van der Waals surface area (Å²) in [6, 6.07) is 0. The van der Waals surface area contributed by atoms with E-state index < -0.39 is 5.94 Å². The third kappa shape index (κ3) is 0.687. The summed E-state index contributed by atoms with van der Waals surface area (Å²) in [6.07, 6.45) is 1.06. The Kier molecular flexibility index (Phi) is 1.01. The van der Waals surface area contributed by atoms with Gasteiger partial charge < -0.3 is 10.4 Å². The molecule has 0 aromatic heterocycles. The Balaban J connectivity index is 2.73. The smallest absolute Gasteiger partial charge is 0.247 e. The Morgan fingerprint density at radius 3 is 2.62 bits per heavy atom. The first kappa shape index (κ1) is 5.22. The van der Waals surface area contributed by atoms with Crippen LogP contribution in [0.25, 0.3) is 0 Å². The van der Waals surface area contributed by atoms with E-state index in [0.29, 0.717) is 0 Å². The van der Waals surface area contributed by atoms with E-state index in [2.05, 4.69) is 5.32 Å². The fourth-order valence-corrected chi connectivity index (χ4v) is 0.493. The molecule has 0 spiro atoms. The minimum absolute atomic E-state index is 0.102. The highest BCUT2D eigenvalue weighted by molar-refractivity contribution is 6.17. The molecule has 0 aromatic rings. The highest BCUT2D eigenvalue weighted by atomic mass is 16.3. The van der Waals surface area contributed by atoms with Crippen molar-refractivity contribution in [2.45, 2.75) is 5.94 Å². The van der Waals surface area contributed by atoms with Crippen molar-refractivity contribution in [3.63, 3.8) is 0 Å². The molecule has 0 aliphatic carbocycles. The van der Waals surface area contributed by atoms with Gasteiger partial charge >= 0.3 is 0 Å². The number of hydrogen-bond donors (Lipinski definition) is 2. The van der Waals surface area contributed by atoms with Gasteiger partial charge in [-0.25, -0.2) is 0 Å². The fraction of sp³-hybridized carbons (Fsp3) is 0.250.